The van der Waals surface area contributed by atoms with E-state index in [9.17, 15) is 0 Å². The van der Waals surface area contributed by atoms with Gasteiger partial charge in [0.25, 0.3) is 0 Å². The van der Waals surface area contributed by atoms with E-state index in [0.29, 0.717) is 0 Å². The monoisotopic (exact) mass is 235 g/mol. The molecule has 2 nitrogen and oxygen atoms in total. The lowest BCUT2D eigenvalue weighted by molar-refractivity contribution is 0.305. The zero-order valence-electron chi connectivity index (χ0n) is 11.2. The van der Waals surface area contributed by atoms with Crippen molar-refractivity contribution in [2.75, 3.05) is 19.7 Å². The van der Waals surface area contributed by atoms with Gasteiger partial charge >= 0.3 is 0 Å². The molecule has 0 atom stereocenters. The van der Waals surface area contributed by atoms with E-state index in [1.54, 1.807) is 0 Å². The maximum Gasteiger partial charge on any atom is 0.122 e. The molecule has 0 aromatic heterocycles. The fourth-order valence-corrected chi connectivity index (χ4v) is 1.74. The van der Waals surface area contributed by atoms with E-state index in [0.717, 1.165) is 38.3 Å². The van der Waals surface area contributed by atoms with E-state index < -0.39 is 0 Å². The highest BCUT2D eigenvalue weighted by atomic mass is 16.5. The molecule has 1 aromatic rings. The largest absolute Gasteiger partial charge is 0.493 e. The summed E-state index contributed by atoms with van der Waals surface area (Å²) in [7, 11) is 0. The molecule has 2 heteroatoms. The van der Waals surface area contributed by atoms with Crippen LogP contribution in [0.1, 0.15) is 38.7 Å². The van der Waals surface area contributed by atoms with Gasteiger partial charge in [-0.25, -0.2) is 0 Å². The Labute approximate surface area is 105 Å². The number of rotatable bonds is 9. The third-order valence-corrected chi connectivity index (χ3v) is 2.82. The third-order valence-electron chi connectivity index (χ3n) is 2.82. The Balaban J connectivity index is 2.13. The topological polar surface area (TPSA) is 21.3 Å². The third kappa shape index (κ3) is 5.73. The van der Waals surface area contributed by atoms with Crippen LogP contribution in [0, 0.1) is 0 Å². The summed E-state index contributed by atoms with van der Waals surface area (Å²) in [5.41, 5.74) is 1.30. The minimum atomic E-state index is 0.802. The van der Waals surface area contributed by atoms with Gasteiger partial charge in [-0.3, -0.25) is 0 Å². The number of benzene rings is 1. The predicted molar refractivity (Wildman–Crippen MR) is 73.7 cm³/mol. The highest BCUT2D eigenvalue weighted by Gasteiger charge is 1.99. The summed E-state index contributed by atoms with van der Waals surface area (Å²) in [6.45, 7) is 7.35. The molecule has 0 aliphatic rings. The van der Waals surface area contributed by atoms with Gasteiger partial charge in [-0.15, -0.1) is 0 Å². The molecule has 0 unspecified atom stereocenters. The number of unbranched alkanes of at least 4 members (excludes halogenated alkanes) is 1. The zero-order chi connectivity index (χ0) is 12.3. The molecule has 0 fully saturated rings. The van der Waals surface area contributed by atoms with E-state index in [4.69, 9.17) is 4.74 Å². The SMILES string of the molecule is CCCCNCCCOc1ccccc1CC. The number of aryl methyl sites for hydroxylation is 1. The molecule has 1 aromatic carbocycles. The smallest absolute Gasteiger partial charge is 0.122 e. The van der Waals surface area contributed by atoms with Gasteiger partial charge in [0, 0.05) is 0 Å². The molecular formula is C15H25NO. The lowest BCUT2D eigenvalue weighted by Crippen LogP contribution is -2.18. The Hall–Kier alpha value is -1.02. The fraction of sp³-hybridized carbons (Fsp3) is 0.600. The lowest BCUT2D eigenvalue weighted by Gasteiger charge is -2.10. The van der Waals surface area contributed by atoms with Crippen molar-refractivity contribution in [3.8, 4) is 5.75 Å². The van der Waals surface area contributed by atoms with Gasteiger partial charge in [0.1, 0.15) is 5.75 Å². The minimum Gasteiger partial charge on any atom is -0.493 e. The first kappa shape index (κ1) is 14.0. The molecule has 0 radical (unpaired) electrons. The molecule has 0 spiro atoms. The molecule has 0 saturated carbocycles. The standard InChI is InChI=1S/C15H25NO/c1-3-5-11-16-12-8-13-17-15-10-7-6-9-14(15)4-2/h6-7,9-10,16H,3-5,8,11-13H2,1-2H3. The van der Waals surface area contributed by atoms with Gasteiger partial charge < -0.3 is 10.1 Å². The molecule has 1 N–H and O–H groups in total. The van der Waals surface area contributed by atoms with Gasteiger partial charge in [0.2, 0.25) is 0 Å². The summed E-state index contributed by atoms with van der Waals surface area (Å²) >= 11 is 0. The van der Waals surface area contributed by atoms with Gasteiger partial charge in [0.05, 0.1) is 6.61 Å². The normalized spacial score (nSPS) is 10.5. The molecule has 0 heterocycles. The maximum atomic E-state index is 5.79. The van der Waals surface area contributed by atoms with Crippen LogP contribution in [-0.2, 0) is 6.42 Å². The first-order valence-electron chi connectivity index (χ1n) is 6.80. The lowest BCUT2D eigenvalue weighted by atomic mass is 10.1. The number of nitrogens with one attached hydrogen (secondary N) is 1. The Morgan fingerprint density at radius 2 is 1.82 bits per heavy atom. The number of para-hydroxylation sites is 1. The molecular weight excluding hydrogens is 210 g/mol. The first-order valence-corrected chi connectivity index (χ1v) is 6.80. The van der Waals surface area contributed by atoms with Crippen LogP contribution in [0.5, 0.6) is 5.75 Å². The molecule has 96 valence electrons. The zero-order valence-corrected chi connectivity index (χ0v) is 11.2. The summed E-state index contributed by atoms with van der Waals surface area (Å²) in [6.07, 6.45) is 4.62. The summed E-state index contributed by atoms with van der Waals surface area (Å²) in [5.74, 6) is 1.04. The Morgan fingerprint density at radius 1 is 1.06 bits per heavy atom. The Bertz CT molecular complexity index is 299. The van der Waals surface area contributed by atoms with E-state index in [2.05, 4.69) is 37.4 Å². The second kappa shape index (κ2) is 9.06. The summed E-state index contributed by atoms with van der Waals surface area (Å²) in [5, 5.41) is 3.42. The van der Waals surface area contributed by atoms with Gasteiger partial charge in [-0.2, -0.15) is 0 Å². The summed E-state index contributed by atoms with van der Waals surface area (Å²) < 4.78 is 5.79. The quantitative estimate of drug-likeness (QED) is 0.662. The predicted octanol–water partition coefficient (Wildman–Crippen LogP) is 3.41. The van der Waals surface area contributed by atoms with Crippen LogP contribution in [0.25, 0.3) is 0 Å². The summed E-state index contributed by atoms with van der Waals surface area (Å²) in [4.78, 5) is 0. The summed E-state index contributed by atoms with van der Waals surface area (Å²) in [6, 6.07) is 8.30. The second-order valence-corrected chi connectivity index (χ2v) is 4.27. The van der Waals surface area contributed by atoms with Crippen molar-refractivity contribution in [1.82, 2.24) is 5.32 Å². The molecule has 1 rings (SSSR count). The average Bonchev–Trinajstić information content (AvgIpc) is 2.38. The molecule has 0 aliphatic heterocycles. The van der Waals surface area contributed by atoms with Crippen molar-refractivity contribution in [3.63, 3.8) is 0 Å². The molecule has 0 saturated heterocycles. The van der Waals surface area contributed by atoms with Gasteiger partial charge in [0.15, 0.2) is 0 Å². The maximum absolute atomic E-state index is 5.79. The number of hydrogen-bond acceptors (Lipinski definition) is 2. The number of ether oxygens (including phenoxy) is 1. The van der Waals surface area contributed by atoms with Gasteiger partial charge in [-0.1, -0.05) is 38.5 Å². The van der Waals surface area contributed by atoms with Crippen LogP contribution in [-0.4, -0.2) is 19.7 Å². The fourth-order valence-electron chi connectivity index (χ4n) is 1.74. The van der Waals surface area contributed by atoms with Crippen molar-refractivity contribution < 1.29 is 4.74 Å². The van der Waals surface area contributed by atoms with Crippen LogP contribution in [0.2, 0.25) is 0 Å². The van der Waals surface area contributed by atoms with Crippen molar-refractivity contribution in [2.45, 2.75) is 39.5 Å². The van der Waals surface area contributed by atoms with E-state index in [1.165, 1.54) is 18.4 Å². The highest BCUT2D eigenvalue weighted by molar-refractivity contribution is 5.33. The molecule has 17 heavy (non-hydrogen) atoms. The minimum absolute atomic E-state index is 0.802. The van der Waals surface area contributed by atoms with Crippen LogP contribution in [0.3, 0.4) is 0 Å². The second-order valence-electron chi connectivity index (χ2n) is 4.27. The van der Waals surface area contributed by atoms with Crippen LogP contribution >= 0.6 is 0 Å². The van der Waals surface area contributed by atoms with E-state index in [1.807, 2.05) is 6.07 Å². The van der Waals surface area contributed by atoms with Crippen LogP contribution < -0.4 is 10.1 Å². The van der Waals surface area contributed by atoms with Crippen molar-refractivity contribution in [2.24, 2.45) is 0 Å². The molecule has 0 aliphatic carbocycles. The van der Waals surface area contributed by atoms with Crippen molar-refractivity contribution in [3.05, 3.63) is 29.8 Å². The molecule has 0 amide bonds. The average molecular weight is 235 g/mol. The van der Waals surface area contributed by atoms with Crippen LogP contribution in [0.15, 0.2) is 24.3 Å². The first-order chi connectivity index (χ1) is 8.38. The Morgan fingerprint density at radius 3 is 2.59 bits per heavy atom. The number of hydrogen-bond donors (Lipinski definition) is 1. The highest BCUT2D eigenvalue weighted by Crippen LogP contribution is 2.18. The van der Waals surface area contributed by atoms with E-state index in [-0.39, 0.29) is 0 Å². The molecule has 0 bridgehead atoms. The van der Waals surface area contributed by atoms with Gasteiger partial charge in [-0.05, 0) is 44.0 Å². The Kier molecular flexibility index (Phi) is 7.48. The van der Waals surface area contributed by atoms with E-state index >= 15 is 0 Å². The van der Waals surface area contributed by atoms with Crippen molar-refractivity contribution >= 4 is 0 Å². The van der Waals surface area contributed by atoms with Crippen molar-refractivity contribution in [1.29, 1.82) is 0 Å². The van der Waals surface area contributed by atoms with Crippen LogP contribution in [0.4, 0.5) is 0 Å².